The molecule has 0 aromatic heterocycles. The second kappa shape index (κ2) is 5.04. The minimum absolute atomic E-state index is 0.478. The lowest BCUT2D eigenvalue weighted by Gasteiger charge is -2.16. The zero-order valence-corrected chi connectivity index (χ0v) is 9.57. The number of nitrogens with two attached hydrogens (primary N) is 1. The zero-order chi connectivity index (χ0) is 12.1. The van der Waals surface area contributed by atoms with Gasteiger partial charge >= 0.3 is 0 Å². The summed E-state index contributed by atoms with van der Waals surface area (Å²) in [5.74, 6) is 0. The highest BCUT2D eigenvalue weighted by Crippen LogP contribution is 2.21. The van der Waals surface area contributed by atoms with Gasteiger partial charge in [-0.15, -0.1) is 0 Å². The highest BCUT2D eigenvalue weighted by molar-refractivity contribution is 5.64. The van der Waals surface area contributed by atoms with Gasteiger partial charge in [0, 0.05) is 23.8 Å². The third-order valence-electron chi connectivity index (χ3n) is 2.05. The highest BCUT2D eigenvalue weighted by Gasteiger charge is 2.03. The van der Waals surface area contributed by atoms with E-state index in [0.29, 0.717) is 11.3 Å². The van der Waals surface area contributed by atoms with Crippen LogP contribution in [0.5, 0.6) is 0 Å². The van der Waals surface area contributed by atoms with E-state index in [0.717, 1.165) is 11.3 Å². The third-order valence-corrected chi connectivity index (χ3v) is 2.05. The van der Waals surface area contributed by atoms with E-state index in [4.69, 9.17) is 11.0 Å². The largest absolute Gasteiger partial charge is 0.398 e. The molecule has 82 valence electrons. The molecule has 1 rings (SSSR count). The number of hydrogen-bond donors (Lipinski definition) is 1. The fourth-order valence-electron chi connectivity index (χ4n) is 1.31. The van der Waals surface area contributed by atoms with Crippen LogP contribution in [-0.4, -0.2) is 0 Å². The van der Waals surface area contributed by atoms with Crippen molar-refractivity contribution in [2.75, 3.05) is 10.6 Å². The zero-order valence-electron chi connectivity index (χ0n) is 9.57. The first-order valence-corrected chi connectivity index (χ1v) is 4.94. The standard InChI is InChI=1S/C13H15N3/c1-4-16(9-10(2)3)12-5-6-13(15)11(7-12)8-14/h4-7,9H,1,15H2,2-3H3. The van der Waals surface area contributed by atoms with E-state index in [2.05, 4.69) is 12.6 Å². The molecule has 0 spiro atoms. The highest BCUT2D eigenvalue weighted by atomic mass is 15.1. The van der Waals surface area contributed by atoms with Crippen molar-refractivity contribution in [1.29, 1.82) is 5.26 Å². The summed E-state index contributed by atoms with van der Waals surface area (Å²) in [6.45, 7) is 7.73. The van der Waals surface area contributed by atoms with Crippen molar-refractivity contribution < 1.29 is 0 Å². The lowest BCUT2D eigenvalue weighted by Crippen LogP contribution is -2.07. The molecule has 0 saturated heterocycles. The summed E-state index contributed by atoms with van der Waals surface area (Å²) in [4.78, 5) is 1.86. The Balaban J connectivity index is 3.18. The lowest BCUT2D eigenvalue weighted by molar-refractivity contribution is 1.22. The van der Waals surface area contributed by atoms with Crippen LogP contribution in [0.3, 0.4) is 0 Å². The molecule has 0 aliphatic heterocycles. The summed E-state index contributed by atoms with van der Waals surface area (Å²) in [6.07, 6.45) is 3.64. The molecule has 2 N–H and O–H groups in total. The number of allylic oxidation sites excluding steroid dienone is 1. The number of nitrogens with zero attached hydrogens (tertiary/aromatic N) is 2. The Kier molecular flexibility index (Phi) is 3.73. The average Bonchev–Trinajstić information content (AvgIpc) is 2.26. The predicted octanol–water partition coefficient (Wildman–Crippen LogP) is 3.01. The Hall–Kier alpha value is -2.21. The van der Waals surface area contributed by atoms with Crippen molar-refractivity contribution in [3.05, 3.63) is 48.3 Å². The molecular formula is C13H15N3. The Bertz CT molecular complexity index is 463. The van der Waals surface area contributed by atoms with E-state index in [1.165, 1.54) is 0 Å². The van der Waals surface area contributed by atoms with Crippen molar-refractivity contribution in [2.45, 2.75) is 13.8 Å². The van der Waals surface area contributed by atoms with E-state index in [9.17, 15) is 0 Å². The first kappa shape index (κ1) is 11.9. The number of benzene rings is 1. The van der Waals surface area contributed by atoms with Crippen molar-refractivity contribution >= 4 is 11.4 Å². The molecule has 0 saturated carbocycles. The van der Waals surface area contributed by atoms with Gasteiger partial charge in [0.1, 0.15) is 6.07 Å². The Morgan fingerprint density at radius 2 is 2.19 bits per heavy atom. The average molecular weight is 213 g/mol. The van der Waals surface area contributed by atoms with Crippen LogP contribution in [0.25, 0.3) is 0 Å². The third kappa shape index (κ3) is 2.64. The van der Waals surface area contributed by atoms with Gasteiger partial charge in [0.2, 0.25) is 0 Å². The summed E-state index contributed by atoms with van der Waals surface area (Å²) in [6, 6.07) is 7.39. The van der Waals surface area contributed by atoms with Gasteiger partial charge < -0.3 is 10.6 Å². The minimum Gasteiger partial charge on any atom is -0.398 e. The quantitative estimate of drug-likeness (QED) is 0.785. The number of nitriles is 1. The summed E-state index contributed by atoms with van der Waals surface area (Å²) in [5, 5.41) is 8.89. The van der Waals surface area contributed by atoms with E-state index < -0.39 is 0 Å². The van der Waals surface area contributed by atoms with Crippen molar-refractivity contribution in [3.8, 4) is 6.07 Å². The number of rotatable bonds is 3. The Labute approximate surface area is 96.1 Å². The molecule has 0 amide bonds. The number of hydrogen-bond acceptors (Lipinski definition) is 3. The summed E-state index contributed by atoms with van der Waals surface area (Å²) < 4.78 is 0. The van der Waals surface area contributed by atoms with Gasteiger partial charge in [0.25, 0.3) is 0 Å². The fraction of sp³-hybridized carbons (Fsp3) is 0.154. The van der Waals surface area contributed by atoms with E-state index in [-0.39, 0.29) is 0 Å². The summed E-state index contributed by atoms with van der Waals surface area (Å²) in [5.41, 5.74) is 8.66. The van der Waals surface area contributed by atoms with E-state index >= 15 is 0 Å². The van der Waals surface area contributed by atoms with Crippen LogP contribution in [0.15, 0.2) is 42.8 Å². The molecular weight excluding hydrogens is 198 g/mol. The van der Waals surface area contributed by atoms with Gasteiger partial charge in [-0.1, -0.05) is 12.2 Å². The van der Waals surface area contributed by atoms with Crippen molar-refractivity contribution in [2.24, 2.45) is 0 Å². The van der Waals surface area contributed by atoms with Gasteiger partial charge in [0.15, 0.2) is 0 Å². The minimum atomic E-state index is 0.478. The second-order valence-electron chi connectivity index (χ2n) is 3.68. The molecule has 0 unspecified atom stereocenters. The van der Waals surface area contributed by atoms with E-state index in [1.807, 2.05) is 31.0 Å². The first-order chi connectivity index (χ1) is 7.58. The first-order valence-electron chi connectivity index (χ1n) is 4.94. The van der Waals surface area contributed by atoms with Crippen LogP contribution >= 0.6 is 0 Å². The van der Waals surface area contributed by atoms with Gasteiger partial charge in [0.05, 0.1) is 5.56 Å². The maximum atomic E-state index is 8.89. The lowest BCUT2D eigenvalue weighted by atomic mass is 10.1. The van der Waals surface area contributed by atoms with Crippen LogP contribution in [-0.2, 0) is 0 Å². The normalized spacial score (nSPS) is 9.06. The maximum Gasteiger partial charge on any atom is 0.101 e. The monoisotopic (exact) mass is 213 g/mol. The second-order valence-corrected chi connectivity index (χ2v) is 3.68. The molecule has 1 aromatic rings. The predicted molar refractivity (Wildman–Crippen MR) is 67.7 cm³/mol. The van der Waals surface area contributed by atoms with Crippen LogP contribution in [0.4, 0.5) is 11.4 Å². The molecule has 0 atom stereocenters. The molecule has 0 fully saturated rings. The molecule has 16 heavy (non-hydrogen) atoms. The topological polar surface area (TPSA) is 53.0 Å². The van der Waals surface area contributed by atoms with Crippen LogP contribution < -0.4 is 10.6 Å². The maximum absolute atomic E-state index is 8.89. The fourth-order valence-corrected chi connectivity index (χ4v) is 1.31. The molecule has 3 heteroatoms. The Morgan fingerprint density at radius 3 is 2.69 bits per heavy atom. The smallest absolute Gasteiger partial charge is 0.101 e. The van der Waals surface area contributed by atoms with Gasteiger partial charge in [-0.05, 0) is 32.0 Å². The van der Waals surface area contributed by atoms with Gasteiger partial charge in [-0.2, -0.15) is 5.26 Å². The number of nitrogen functional groups attached to an aromatic ring is 1. The van der Waals surface area contributed by atoms with Crippen molar-refractivity contribution in [1.82, 2.24) is 0 Å². The molecule has 0 heterocycles. The molecule has 0 aliphatic rings. The van der Waals surface area contributed by atoms with Crippen LogP contribution in [0.1, 0.15) is 19.4 Å². The van der Waals surface area contributed by atoms with Crippen molar-refractivity contribution in [3.63, 3.8) is 0 Å². The van der Waals surface area contributed by atoms with Gasteiger partial charge in [-0.25, -0.2) is 0 Å². The van der Waals surface area contributed by atoms with Crippen LogP contribution in [0, 0.1) is 11.3 Å². The summed E-state index contributed by atoms with van der Waals surface area (Å²) in [7, 11) is 0. The molecule has 0 bridgehead atoms. The molecule has 0 aliphatic carbocycles. The number of anilines is 2. The summed E-state index contributed by atoms with van der Waals surface area (Å²) >= 11 is 0. The Morgan fingerprint density at radius 1 is 1.50 bits per heavy atom. The van der Waals surface area contributed by atoms with Crippen LogP contribution in [0.2, 0.25) is 0 Å². The van der Waals surface area contributed by atoms with E-state index in [1.54, 1.807) is 18.3 Å². The van der Waals surface area contributed by atoms with Gasteiger partial charge in [-0.3, -0.25) is 0 Å². The molecule has 1 aromatic carbocycles. The molecule has 3 nitrogen and oxygen atoms in total. The SMILES string of the molecule is C=CN(C=C(C)C)c1ccc(N)c(C#N)c1. The molecule has 0 radical (unpaired) electrons.